The first-order chi connectivity index (χ1) is 11.2. The number of aromatic nitrogens is 1. The number of thiazole rings is 1. The van der Waals surface area contributed by atoms with Crippen molar-refractivity contribution in [2.24, 2.45) is 0 Å². The molecule has 3 rings (SSSR count). The lowest BCUT2D eigenvalue weighted by Crippen LogP contribution is -2.10. The van der Waals surface area contributed by atoms with Gasteiger partial charge in [0.2, 0.25) is 0 Å². The lowest BCUT2D eigenvalue weighted by atomic mass is 10.1. The van der Waals surface area contributed by atoms with Crippen molar-refractivity contribution in [1.82, 2.24) is 4.98 Å². The third-order valence-corrected chi connectivity index (χ3v) is 3.95. The monoisotopic (exact) mass is 330 g/mol. The van der Waals surface area contributed by atoms with Crippen LogP contribution in [0.3, 0.4) is 0 Å². The zero-order chi connectivity index (χ0) is 16.2. The SMILES string of the molecule is COc1ccc(-c2csc(NC(=O)c3ccoc3)n2)cc1OC. The van der Waals surface area contributed by atoms with Crippen LogP contribution in [0.2, 0.25) is 0 Å². The Hall–Kier alpha value is -2.80. The van der Waals surface area contributed by atoms with Gasteiger partial charge in [0.25, 0.3) is 5.91 Å². The Labute approximate surface area is 136 Å². The number of anilines is 1. The first-order valence-corrected chi connectivity index (χ1v) is 7.60. The number of methoxy groups -OCH3 is 2. The summed E-state index contributed by atoms with van der Waals surface area (Å²) in [5.41, 5.74) is 2.08. The van der Waals surface area contributed by atoms with Crippen LogP contribution in [0.5, 0.6) is 11.5 Å². The standard InChI is InChI=1S/C16H14N2O4S/c1-20-13-4-3-10(7-14(13)21-2)12-9-23-16(17-12)18-15(19)11-5-6-22-8-11/h3-9H,1-2H3,(H,17,18,19). The number of ether oxygens (including phenoxy) is 2. The Morgan fingerprint density at radius 2 is 2.04 bits per heavy atom. The van der Waals surface area contributed by atoms with Gasteiger partial charge in [0.15, 0.2) is 16.6 Å². The van der Waals surface area contributed by atoms with Crippen molar-refractivity contribution in [2.75, 3.05) is 19.5 Å². The molecule has 0 unspecified atom stereocenters. The van der Waals surface area contributed by atoms with E-state index >= 15 is 0 Å². The molecule has 0 atom stereocenters. The fourth-order valence-electron chi connectivity index (χ4n) is 2.02. The molecule has 0 aliphatic rings. The highest BCUT2D eigenvalue weighted by Gasteiger charge is 2.12. The third-order valence-electron chi connectivity index (χ3n) is 3.19. The number of furan rings is 1. The molecule has 0 aliphatic heterocycles. The molecule has 0 spiro atoms. The first kappa shape index (κ1) is 15.1. The summed E-state index contributed by atoms with van der Waals surface area (Å²) in [5, 5.41) is 5.12. The maximum Gasteiger partial charge on any atom is 0.260 e. The topological polar surface area (TPSA) is 73.6 Å². The molecule has 2 heterocycles. The van der Waals surface area contributed by atoms with Crippen molar-refractivity contribution in [2.45, 2.75) is 0 Å². The maximum atomic E-state index is 12.0. The number of rotatable bonds is 5. The lowest BCUT2D eigenvalue weighted by molar-refractivity contribution is 0.102. The number of amides is 1. The minimum atomic E-state index is -0.257. The molecule has 0 saturated heterocycles. The molecule has 2 aromatic heterocycles. The highest BCUT2D eigenvalue weighted by atomic mass is 32.1. The Kier molecular flexibility index (Phi) is 4.29. The van der Waals surface area contributed by atoms with Crippen LogP contribution < -0.4 is 14.8 Å². The van der Waals surface area contributed by atoms with Gasteiger partial charge in [-0.3, -0.25) is 10.1 Å². The molecule has 0 fully saturated rings. The van der Waals surface area contributed by atoms with Gasteiger partial charge >= 0.3 is 0 Å². The van der Waals surface area contributed by atoms with Crippen LogP contribution in [0.25, 0.3) is 11.3 Å². The maximum absolute atomic E-state index is 12.0. The van der Waals surface area contributed by atoms with E-state index in [9.17, 15) is 4.79 Å². The average molecular weight is 330 g/mol. The summed E-state index contributed by atoms with van der Waals surface area (Å²) >= 11 is 1.35. The van der Waals surface area contributed by atoms with E-state index < -0.39 is 0 Å². The van der Waals surface area contributed by atoms with Crippen molar-refractivity contribution in [3.63, 3.8) is 0 Å². The highest BCUT2D eigenvalue weighted by molar-refractivity contribution is 7.14. The van der Waals surface area contributed by atoms with Gasteiger partial charge in [-0.15, -0.1) is 11.3 Å². The van der Waals surface area contributed by atoms with Crippen LogP contribution in [-0.2, 0) is 0 Å². The lowest BCUT2D eigenvalue weighted by Gasteiger charge is -2.08. The summed E-state index contributed by atoms with van der Waals surface area (Å²) in [6.07, 6.45) is 2.84. The number of benzene rings is 1. The minimum Gasteiger partial charge on any atom is -0.493 e. The molecule has 1 aromatic carbocycles. The fraction of sp³-hybridized carbons (Fsp3) is 0.125. The van der Waals surface area contributed by atoms with Gasteiger partial charge in [-0.25, -0.2) is 4.98 Å². The van der Waals surface area contributed by atoms with Gasteiger partial charge in [-0.1, -0.05) is 0 Å². The van der Waals surface area contributed by atoms with Crippen LogP contribution in [0.15, 0.2) is 46.6 Å². The zero-order valence-corrected chi connectivity index (χ0v) is 13.3. The zero-order valence-electron chi connectivity index (χ0n) is 12.5. The van der Waals surface area contributed by atoms with Crippen LogP contribution in [0, 0.1) is 0 Å². The van der Waals surface area contributed by atoms with E-state index in [0.717, 1.165) is 11.3 Å². The summed E-state index contributed by atoms with van der Waals surface area (Å²) in [4.78, 5) is 16.4. The van der Waals surface area contributed by atoms with E-state index in [4.69, 9.17) is 13.9 Å². The van der Waals surface area contributed by atoms with E-state index in [2.05, 4.69) is 10.3 Å². The van der Waals surface area contributed by atoms with Crippen LogP contribution in [-0.4, -0.2) is 25.1 Å². The van der Waals surface area contributed by atoms with Crippen molar-refractivity contribution < 1.29 is 18.7 Å². The van der Waals surface area contributed by atoms with Gasteiger partial charge in [0, 0.05) is 10.9 Å². The van der Waals surface area contributed by atoms with Gasteiger partial charge in [-0.05, 0) is 24.3 Å². The van der Waals surface area contributed by atoms with Crippen LogP contribution in [0.1, 0.15) is 10.4 Å². The van der Waals surface area contributed by atoms with E-state index in [-0.39, 0.29) is 5.91 Å². The largest absolute Gasteiger partial charge is 0.493 e. The molecule has 6 nitrogen and oxygen atoms in total. The highest BCUT2D eigenvalue weighted by Crippen LogP contribution is 2.33. The Bertz CT molecular complexity index is 811. The number of nitrogens with zero attached hydrogens (tertiary/aromatic N) is 1. The van der Waals surface area contributed by atoms with Crippen LogP contribution in [0.4, 0.5) is 5.13 Å². The predicted molar refractivity (Wildman–Crippen MR) is 87.3 cm³/mol. The molecule has 0 aliphatic carbocycles. The van der Waals surface area contributed by atoms with Crippen LogP contribution >= 0.6 is 11.3 Å². The average Bonchev–Trinajstić information content (AvgIpc) is 3.25. The second-order valence-electron chi connectivity index (χ2n) is 4.57. The van der Waals surface area contributed by atoms with Gasteiger partial charge in [-0.2, -0.15) is 0 Å². The Balaban J connectivity index is 1.80. The van der Waals surface area contributed by atoms with Crippen molar-refractivity contribution in [3.8, 4) is 22.8 Å². The Morgan fingerprint density at radius 3 is 2.74 bits per heavy atom. The summed E-state index contributed by atoms with van der Waals surface area (Å²) in [7, 11) is 3.17. The molecule has 23 heavy (non-hydrogen) atoms. The number of nitrogens with one attached hydrogen (secondary N) is 1. The first-order valence-electron chi connectivity index (χ1n) is 6.72. The molecule has 118 valence electrons. The molecule has 0 radical (unpaired) electrons. The molecular weight excluding hydrogens is 316 g/mol. The van der Waals surface area contributed by atoms with E-state index in [1.165, 1.54) is 23.9 Å². The van der Waals surface area contributed by atoms with Gasteiger partial charge in [0.05, 0.1) is 31.7 Å². The molecule has 0 bridgehead atoms. The van der Waals surface area contributed by atoms with Crippen molar-refractivity contribution >= 4 is 22.4 Å². The van der Waals surface area contributed by atoms with E-state index in [1.807, 2.05) is 23.6 Å². The second-order valence-corrected chi connectivity index (χ2v) is 5.43. The molecule has 0 saturated carbocycles. The van der Waals surface area contributed by atoms with Gasteiger partial charge in [0.1, 0.15) is 6.26 Å². The van der Waals surface area contributed by atoms with Crippen molar-refractivity contribution in [1.29, 1.82) is 0 Å². The summed E-state index contributed by atoms with van der Waals surface area (Å²) in [6, 6.07) is 7.14. The second kappa shape index (κ2) is 6.53. The summed E-state index contributed by atoms with van der Waals surface area (Å²) in [5.74, 6) is 1.02. The quantitative estimate of drug-likeness (QED) is 0.772. The summed E-state index contributed by atoms with van der Waals surface area (Å²) < 4.78 is 15.4. The molecule has 7 heteroatoms. The smallest absolute Gasteiger partial charge is 0.260 e. The normalized spacial score (nSPS) is 10.3. The van der Waals surface area contributed by atoms with Gasteiger partial charge < -0.3 is 13.9 Å². The fourth-order valence-corrected chi connectivity index (χ4v) is 2.74. The van der Waals surface area contributed by atoms with E-state index in [1.54, 1.807) is 20.3 Å². The Morgan fingerprint density at radius 1 is 1.22 bits per heavy atom. The number of hydrogen-bond donors (Lipinski definition) is 1. The molecule has 3 aromatic rings. The number of hydrogen-bond acceptors (Lipinski definition) is 6. The third kappa shape index (κ3) is 3.19. The molecular formula is C16H14N2O4S. The molecule has 1 amide bonds. The molecule has 1 N–H and O–H groups in total. The number of carbonyl (C=O) groups excluding carboxylic acids is 1. The van der Waals surface area contributed by atoms with E-state index in [0.29, 0.717) is 22.2 Å². The number of carbonyl (C=O) groups is 1. The minimum absolute atomic E-state index is 0.257. The van der Waals surface area contributed by atoms with Crippen molar-refractivity contribution in [3.05, 3.63) is 47.7 Å². The summed E-state index contributed by atoms with van der Waals surface area (Å²) in [6.45, 7) is 0. The predicted octanol–water partition coefficient (Wildman–Crippen LogP) is 3.67.